The summed E-state index contributed by atoms with van der Waals surface area (Å²) >= 11 is 1.43. The predicted octanol–water partition coefficient (Wildman–Crippen LogP) is 3.08. The lowest BCUT2D eigenvalue weighted by Crippen LogP contribution is -2.37. The SMILES string of the molecule is O=C(CSc1n[nH]c(CC2CCCC2)n1)NC1CCCCC1. The molecule has 1 amide bonds. The molecule has 1 aromatic heterocycles. The Hall–Kier alpha value is -1.04. The summed E-state index contributed by atoms with van der Waals surface area (Å²) in [6.07, 6.45) is 12.4. The van der Waals surface area contributed by atoms with E-state index in [2.05, 4.69) is 20.5 Å². The number of carbonyl (C=O) groups excluding carboxylic acids is 1. The maximum absolute atomic E-state index is 12.0. The van der Waals surface area contributed by atoms with E-state index in [1.165, 1.54) is 56.7 Å². The van der Waals surface area contributed by atoms with Crippen LogP contribution in [0.15, 0.2) is 5.16 Å². The van der Waals surface area contributed by atoms with E-state index < -0.39 is 0 Å². The van der Waals surface area contributed by atoms with Gasteiger partial charge in [0, 0.05) is 12.5 Å². The number of hydrogen-bond acceptors (Lipinski definition) is 4. The standard InChI is InChI=1S/C16H26N4OS/c21-15(17-13-8-2-1-3-9-13)11-22-16-18-14(19-20-16)10-12-6-4-5-7-12/h12-13H,1-11H2,(H,17,21)(H,18,19,20). The predicted molar refractivity (Wildman–Crippen MR) is 87.8 cm³/mol. The molecular formula is C16H26N4OS. The fourth-order valence-corrected chi connectivity index (χ4v) is 4.20. The molecule has 2 aliphatic carbocycles. The molecule has 5 nitrogen and oxygen atoms in total. The Bertz CT molecular complexity index is 478. The fraction of sp³-hybridized carbons (Fsp3) is 0.812. The Morgan fingerprint density at radius 3 is 2.64 bits per heavy atom. The van der Waals surface area contributed by atoms with E-state index in [9.17, 15) is 4.79 Å². The van der Waals surface area contributed by atoms with Crippen LogP contribution in [0.4, 0.5) is 0 Å². The van der Waals surface area contributed by atoms with Crippen molar-refractivity contribution in [2.45, 2.75) is 75.4 Å². The largest absolute Gasteiger partial charge is 0.353 e. The molecule has 1 heterocycles. The molecule has 2 fully saturated rings. The first-order valence-corrected chi connectivity index (χ1v) is 9.61. The lowest BCUT2D eigenvalue weighted by Gasteiger charge is -2.22. The topological polar surface area (TPSA) is 70.7 Å². The molecule has 1 aromatic rings. The van der Waals surface area contributed by atoms with Gasteiger partial charge in [-0.3, -0.25) is 9.89 Å². The molecule has 22 heavy (non-hydrogen) atoms. The zero-order valence-corrected chi connectivity index (χ0v) is 14.0. The normalized spacial score (nSPS) is 20.4. The van der Waals surface area contributed by atoms with E-state index in [-0.39, 0.29) is 5.91 Å². The summed E-state index contributed by atoms with van der Waals surface area (Å²) in [6, 6.07) is 0.381. The molecule has 2 N–H and O–H groups in total. The van der Waals surface area contributed by atoms with Crippen molar-refractivity contribution in [2.75, 3.05) is 5.75 Å². The first-order valence-electron chi connectivity index (χ1n) is 8.63. The van der Waals surface area contributed by atoms with Gasteiger partial charge >= 0.3 is 0 Å². The van der Waals surface area contributed by atoms with Gasteiger partial charge in [-0.15, -0.1) is 5.10 Å². The molecular weight excluding hydrogens is 296 g/mol. The van der Waals surface area contributed by atoms with E-state index in [0.717, 1.165) is 31.0 Å². The summed E-state index contributed by atoms with van der Waals surface area (Å²) in [5, 5.41) is 11.1. The average Bonchev–Trinajstić information content (AvgIpc) is 3.19. The summed E-state index contributed by atoms with van der Waals surface area (Å²) in [4.78, 5) is 16.5. The van der Waals surface area contributed by atoms with Crippen LogP contribution in [-0.2, 0) is 11.2 Å². The first kappa shape index (κ1) is 15.8. The molecule has 2 saturated carbocycles. The van der Waals surface area contributed by atoms with Gasteiger partial charge in [-0.1, -0.05) is 56.7 Å². The summed E-state index contributed by atoms with van der Waals surface area (Å²) in [5.74, 6) is 2.26. The Morgan fingerprint density at radius 1 is 1.14 bits per heavy atom. The number of rotatable bonds is 6. The summed E-state index contributed by atoms with van der Waals surface area (Å²) < 4.78 is 0. The molecule has 0 radical (unpaired) electrons. The highest BCUT2D eigenvalue weighted by atomic mass is 32.2. The number of nitrogens with one attached hydrogen (secondary N) is 2. The van der Waals surface area contributed by atoms with Gasteiger partial charge in [0.15, 0.2) is 0 Å². The van der Waals surface area contributed by atoms with Crippen molar-refractivity contribution >= 4 is 17.7 Å². The van der Waals surface area contributed by atoms with E-state index in [4.69, 9.17) is 0 Å². The Labute approximate surface area is 136 Å². The molecule has 122 valence electrons. The van der Waals surface area contributed by atoms with E-state index in [0.29, 0.717) is 17.0 Å². The molecule has 3 rings (SSSR count). The van der Waals surface area contributed by atoms with Crippen LogP contribution in [0.3, 0.4) is 0 Å². The molecule has 2 aliphatic rings. The van der Waals surface area contributed by atoms with Gasteiger partial charge < -0.3 is 5.32 Å². The van der Waals surface area contributed by atoms with Gasteiger partial charge in [0.1, 0.15) is 5.82 Å². The van der Waals surface area contributed by atoms with Gasteiger partial charge in [-0.2, -0.15) is 0 Å². The number of amides is 1. The fourth-order valence-electron chi connectivity index (χ4n) is 3.57. The zero-order valence-electron chi connectivity index (χ0n) is 13.1. The molecule has 0 spiro atoms. The third kappa shape index (κ3) is 4.73. The van der Waals surface area contributed by atoms with Crippen LogP contribution in [0.2, 0.25) is 0 Å². The number of H-pyrrole nitrogens is 1. The maximum Gasteiger partial charge on any atom is 0.230 e. The number of aromatic amines is 1. The molecule has 0 aromatic carbocycles. The van der Waals surface area contributed by atoms with Crippen molar-refractivity contribution in [2.24, 2.45) is 5.92 Å². The Kier molecular flexibility index (Phi) is 5.76. The lowest BCUT2D eigenvalue weighted by molar-refractivity contribution is -0.119. The van der Waals surface area contributed by atoms with Crippen molar-refractivity contribution in [3.05, 3.63) is 5.82 Å². The second-order valence-electron chi connectivity index (χ2n) is 6.61. The Balaban J connectivity index is 1.39. The third-order valence-corrected chi connectivity index (χ3v) is 5.62. The average molecular weight is 322 g/mol. The number of aromatic nitrogens is 3. The van der Waals surface area contributed by atoms with E-state index in [1.54, 1.807) is 0 Å². The third-order valence-electron chi connectivity index (χ3n) is 4.77. The maximum atomic E-state index is 12.0. The number of nitrogens with zero attached hydrogens (tertiary/aromatic N) is 2. The number of carbonyl (C=O) groups is 1. The molecule has 0 saturated heterocycles. The molecule has 0 atom stereocenters. The quantitative estimate of drug-likeness (QED) is 0.790. The number of thioether (sulfide) groups is 1. The molecule has 6 heteroatoms. The van der Waals surface area contributed by atoms with Crippen LogP contribution < -0.4 is 5.32 Å². The van der Waals surface area contributed by atoms with Crippen molar-refractivity contribution in [1.29, 1.82) is 0 Å². The van der Waals surface area contributed by atoms with Crippen LogP contribution in [0, 0.1) is 5.92 Å². The van der Waals surface area contributed by atoms with Crippen molar-refractivity contribution < 1.29 is 4.79 Å². The minimum atomic E-state index is 0.110. The summed E-state index contributed by atoms with van der Waals surface area (Å²) in [6.45, 7) is 0. The zero-order chi connectivity index (χ0) is 15.2. The van der Waals surface area contributed by atoms with Crippen LogP contribution in [0.25, 0.3) is 0 Å². The highest BCUT2D eigenvalue weighted by Gasteiger charge is 2.18. The second-order valence-corrected chi connectivity index (χ2v) is 7.55. The number of hydrogen-bond donors (Lipinski definition) is 2. The van der Waals surface area contributed by atoms with Crippen molar-refractivity contribution in [3.63, 3.8) is 0 Å². The monoisotopic (exact) mass is 322 g/mol. The molecule has 0 bridgehead atoms. The molecule has 0 aliphatic heterocycles. The van der Waals surface area contributed by atoms with Crippen LogP contribution in [0.1, 0.15) is 63.6 Å². The van der Waals surface area contributed by atoms with E-state index in [1.807, 2.05) is 0 Å². The van der Waals surface area contributed by atoms with Gasteiger partial charge in [-0.05, 0) is 18.8 Å². The van der Waals surface area contributed by atoms with Crippen LogP contribution in [-0.4, -0.2) is 32.9 Å². The van der Waals surface area contributed by atoms with Crippen molar-refractivity contribution in [3.8, 4) is 0 Å². The first-order chi connectivity index (χ1) is 10.8. The highest BCUT2D eigenvalue weighted by molar-refractivity contribution is 7.99. The minimum absolute atomic E-state index is 0.110. The van der Waals surface area contributed by atoms with Gasteiger partial charge in [0.2, 0.25) is 11.1 Å². The van der Waals surface area contributed by atoms with Crippen LogP contribution in [0.5, 0.6) is 0 Å². The van der Waals surface area contributed by atoms with Gasteiger partial charge in [-0.25, -0.2) is 4.98 Å². The van der Waals surface area contributed by atoms with E-state index >= 15 is 0 Å². The smallest absolute Gasteiger partial charge is 0.230 e. The highest BCUT2D eigenvalue weighted by Crippen LogP contribution is 2.27. The van der Waals surface area contributed by atoms with Crippen molar-refractivity contribution in [1.82, 2.24) is 20.5 Å². The van der Waals surface area contributed by atoms with Gasteiger partial charge in [0.05, 0.1) is 5.75 Å². The second kappa shape index (κ2) is 7.99. The Morgan fingerprint density at radius 2 is 1.86 bits per heavy atom. The van der Waals surface area contributed by atoms with Gasteiger partial charge in [0.25, 0.3) is 0 Å². The van der Waals surface area contributed by atoms with Crippen LogP contribution >= 0.6 is 11.8 Å². The summed E-state index contributed by atoms with van der Waals surface area (Å²) in [7, 11) is 0. The molecule has 0 unspecified atom stereocenters. The minimum Gasteiger partial charge on any atom is -0.353 e. The lowest BCUT2D eigenvalue weighted by atomic mass is 9.95. The summed E-state index contributed by atoms with van der Waals surface area (Å²) in [5.41, 5.74) is 0.